The molecule has 0 N–H and O–H groups in total. The van der Waals surface area contributed by atoms with E-state index in [9.17, 15) is 0 Å². The minimum atomic E-state index is 0.844. The first-order valence-corrected chi connectivity index (χ1v) is 7.80. The van der Waals surface area contributed by atoms with Gasteiger partial charge in [0.05, 0.1) is 0 Å². The van der Waals surface area contributed by atoms with E-state index in [1.807, 2.05) is 12.1 Å². The molecule has 1 nitrogen and oxygen atoms in total. The van der Waals surface area contributed by atoms with Gasteiger partial charge in [-0.3, -0.25) is 4.90 Å². The van der Waals surface area contributed by atoms with E-state index in [0.717, 1.165) is 22.8 Å². The average molecular weight is 317 g/mol. The van der Waals surface area contributed by atoms with E-state index < -0.39 is 0 Å². The molecule has 17 heavy (non-hydrogen) atoms. The van der Waals surface area contributed by atoms with Gasteiger partial charge in [-0.1, -0.05) is 39.7 Å². The predicted molar refractivity (Wildman–Crippen MR) is 77.9 cm³/mol. The van der Waals surface area contributed by atoms with E-state index in [2.05, 4.69) is 33.0 Å². The van der Waals surface area contributed by atoms with Crippen molar-refractivity contribution in [2.24, 2.45) is 5.92 Å². The van der Waals surface area contributed by atoms with Crippen molar-refractivity contribution in [3.8, 4) is 0 Å². The maximum Gasteiger partial charge on any atom is 0.0409 e. The Balaban J connectivity index is 1.90. The lowest BCUT2D eigenvalue weighted by Gasteiger charge is -2.32. The highest BCUT2D eigenvalue weighted by Crippen LogP contribution is 2.22. The molecule has 1 aliphatic rings. The number of benzene rings is 1. The molecule has 1 aliphatic heterocycles. The van der Waals surface area contributed by atoms with Gasteiger partial charge in [-0.15, -0.1) is 0 Å². The molecule has 0 spiro atoms. The van der Waals surface area contributed by atoms with Crippen LogP contribution in [0.25, 0.3) is 0 Å². The number of nitrogens with zero attached hydrogens (tertiary/aromatic N) is 1. The zero-order chi connectivity index (χ0) is 12.1. The highest BCUT2D eigenvalue weighted by Gasteiger charge is 2.19. The molecule has 1 aromatic carbocycles. The quantitative estimate of drug-likeness (QED) is 0.747. The lowest BCUT2D eigenvalue weighted by Crippen LogP contribution is -2.35. The van der Waals surface area contributed by atoms with Crippen LogP contribution in [0.4, 0.5) is 0 Å². The normalized spacial score (nSPS) is 21.6. The molecule has 0 saturated carbocycles. The van der Waals surface area contributed by atoms with E-state index in [1.54, 1.807) is 0 Å². The van der Waals surface area contributed by atoms with Gasteiger partial charge in [-0.05, 0) is 49.4 Å². The van der Waals surface area contributed by atoms with Gasteiger partial charge in [0.2, 0.25) is 0 Å². The second-order valence-corrected chi connectivity index (χ2v) is 6.08. The van der Waals surface area contributed by atoms with E-state index in [1.165, 1.54) is 37.9 Å². The van der Waals surface area contributed by atoms with Crippen molar-refractivity contribution in [2.45, 2.75) is 25.8 Å². The van der Waals surface area contributed by atoms with Crippen LogP contribution in [0.15, 0.2) is 24.3 Å². The summed E-state index contributed by atoms with van der Waals surface area (Å²) in [6.45, 7) is 3.50. The largest absolute Gasteiger partial charge is 0.299 e. The molecule has 1 unspecified atom stereocenters. The highest BCUT2D eigenvalue weighted by molar-refractivity contribution is 9.09. The molecule has 0 radical (unpaired) electrons. The van der Waals surface area contributed by atoms with Crippen LogP contribution < -0.4 is 0 Å². The zero-order valence-electron chi connectivity index (χ0n) is 10.0. The van der Waals surface area contributed by atoms with Crippen LogP contribution in [0.3, 0.4) is 0 Å². The number of hydrogen-bond acceptors (Lipinski definition) is 1. The molecule has 1 atom stereocenters. The summed E-state index contributed by atoms with van der Waals surface area (Å²) in [6.07, 6.45) is 4.02. The van der Waals surface area contributed by atoms with E-state index in [4.69, 9.17) is 11.6 Å². The third kappa shape index (κ3) is 4.27. The Hall–Kier alpha value is -0.0500. The SMILES string of the molecule is Clc1cccc(CN2CCCC(CCBr)C2)c1. The summed E-state index contributed by atoms with van der Waals surface area (Å²) in [5.41, 5.74) is 1.33. The van der Waals surface area contributed by atoms with Crippen molar-refractivity contribution in [1.82, 2.24) is 4.90 Å². The van der Waals surface area contributed by atoms with Crippen molar-refractivity contribution in [2.75, 3.05) is 18.4 Å². The molecular weight excluding hydrogens is 298 g/mol. The van der Waals surface area contributed by atoms with Crippen molar-refractivity contribution in [3.63, 3.8) is 0 Å². The Bertz CT molecular complexity index is 354. The summed E-state index contributed by atoms with van der Waals surface area (Å²) in [6, 6.07) is 8.22. The third-order valence-corrected chi connectivity index (χ3v) is 4.11. The molecule has 0 aromatic heterocycles. The van der Waals surface area contributed by atoms with E-state index in [0.29, 0.717) is 0 Å². The van der Waals surface area contributed by atoms with Crippen molar-refractivity contribution in [1.29, 1.82) is 0 Å². The van der Waals surface area contributed by atoms with Crippen LogP contribution in [0, 0.1) is 5.92 Å². The standard InChI is InChI=1S/C14H19BrClN/c15-7-6-12-4-2-8-17(10-12)11-13-3-1-5-14(16)9-13/h1,3,5,9,12H,2,4,6-8,10-11H2. The van der Waals surface area contributed by atoms with Gasteiger partial charge in [-0.2, -0.15) is 0 Å². The molecule has 0 amide bonds. The summed E-state index contributed by atoms with van der Waals surface area (Å²) in [5.74, 6) is 0.863. The van der Waals surface area contributed by atoms with Crippen LogP contribution >= 0.6 is 27.5 Å². The van der Waals surface area contributed by atoms with Gasteiger partial charge in [0, 0.05) is 23.4 Å². The molecule has 0 aliphatic carbocycles. The lowest BCUT2D eigenvalue weighted by molar-refractivity contribution is 0.165. The first-order chi connectivity index (χ1) is 8.28. The van der Waals surface area contributed by atoms with Gasteiger partial charge in [-0.25, -0.2) is 0 Å². The number of halogens is 2. The van der Waals surface area contributed by atoms with E-state index >= 15 is 0 Å². The Morgan fingerprint density at radius 3 is 3.06 bits per heavy atom. The van der Waals surface area contributed by atoms with Gasteiger partial charge in [0.25, 0.3) is 0 Å². The molecule has 0 bridgehead atoms. The molecule has 1 fully saturated rings. The fourth-order valence-electron chi connectivity index (χ4n) is 2.58. The van der Waals surface area contributed by atoms with Crippen LogP contribution in [-0.2, 0) is 6.54 Å². The van der Waals surface area contributed by atoms with Gasteiger partial charge >= 0.3 is 0 Å². The topological polar surface area (TPSA) is 3.24 Å². The number of rotatable bonds is 4. The van der Waals surface area contributed by atoms with Gasteiger partial charge in [0.15, 0.2) is 0 Å². The predicted octanol–water partition coefficient (Wildman–Crippen LogP) is 4.34. The summed E-state index contributed by atoms with van der Waals surface area (Å²) in [4.78, 5) is 2.56. The number of likely N-dealkylation sites (tertiary alicyclic amines) is 1. The first kappa shape index (κ1) is 13.4. The van der Waals surface area contributed by atoms with Crippen LogP contribution in [0.5, 0.6) is 0 Å². The number of alkyl halides is 1. The molecule has 3 heteroatoms. The van der Waals surface area contributed by atoms with Crippen LogP contribution in [-0.4, -0.2) is 23.3 Å². The Morgan fingerprint density at radius 2 is 2.29 bits per heavy atom. The number of piperidine rings is 1. The van der Waals surface area contributed by atoms with Gasteiger partial charge < -0.3 is 0 Å². The smallest absolute Gasteiger partial charge is 0.0409 e. The van der Waals surface area contributed by atoms with Crippen molar-refractivity contribution >= 4 is 27.5 Å². The monoisotopic (exact) mass is 315 g/mol. The minimum absolute atomic E-state index is 0.844. The zero-order valence-corrected chi connectivity index (χ0v) is 12.4. The second-order valence-electron chi connectivity index (χ2n) is 4.85. The maximum absolute atomic E-state index is 6.02. The Labute approximate surface area is 117 Å². The minimum Gasteiger partial charge on any atom is -0.299 e. The fourth-order valence-corrected chi connectivity index (χ4v) is 3.44. The number of hydrogen-bond donors (Lipinski definition) is 0. The van der Waals surface area contributed by atoms with E-state index in [-0.39, 0.29) is 0 Å². The molecule has 1 saturated heterocycles. The maximum atomic E-state index is 6.02. The molecule has 94 valence electrons. The fraction of sp³-hybridized carbons (Fsp3) is 0.571. The van der Waals surface area contributed by atoms with Crippen molar-refractivity contribution in [3.05, 3.63) is 34.9 Å². The summed E-state index contributed by atoms with van der Waals surface area (Å²) in [7, 11) is 0. The molecule has 1 aromatic rings. The highest BCUT2D eigenvalue weighted by atomic mass is 79.9. The summed E-state index contributed by atoms with van der Waals surface area (Å²) >= 11 is 9.56. The lowest BCUT2D eigenvalue weighted by atomic mass is 9.95. The molecule has 1 heterocycles. The Morgan fingerprint density at radius 1 is 1.41 bits per heavy atom. The van der Waals surface area contributed by atoms with Gasteiger partial charge in [0.1, 0.15) is 0 Å². The third-order valence-electron chi connectivity index (χ3n) is 3.42. The Kier molecular flexibility index (Phi) is 5.33. The average Bonchev–Trinajstić information content (AvgIpc) is 2.30. The van der Waals surface area contributed by atoms with Crippen molar-refractivity contribution < 1.29 is 0 Å². The summed E-state index contributed by atoms with van der Waals surface area (Å²) in [5, 5.41) is 1.97. The molecular formula is C14H19BrClN. The second kappa shape index (κ2) is 6.77. The van der Waals surface area contributed by atoms with Crippen LogP contribution in [0.1, 0.15) is 24.8 Å². The molecule has 2 rings (SSSR count). The van der Waals surface area contributed by atoms with Crippen LogP contribution in [0.2, 0.25) is 5.02 Å². The summed E-state index contributed by atoms with van der Waals surface area (Å²) < 4.78 is 0. The first-order valence-electron chi connectivity index (χ1n) is 6.30.